The van der Waals surface area contributed by atoms with Crippen molar-refractivity contribution in [2.45, 2.75) is 19.4 Å². The van der Waals surface area contributed by atoms with Crippen LogP contribution in [0.1, 0.15) is 18.9 Å². The summed E-state index contributed by atoms with van der Waals surface area (Å²) in [6.07, 6.45) is 2.48. The first kappa shape index (κ1) is 17.3. The molecule has 2 aromatic carbocycles. The Bertz CT molecular complexity index is 787. The van der Waals surface area contributed by atoms with Crippen molar-refractivity contribution >= 4 is 29.0 Å². The first-order valence-corrected chi connectivity index (χ1v) is 8.43. The molecule has 1 atom stereocenters. The molecular formula is C19H19ClN2O3. The van der Waals surface area contributed by atoms with Crippen molar-refractivity contribution in [1.82, 2.24) is 5.01 Å². The van der Waals surface area contributed by atoms with Crippen LogP contribution in [-0.4, -0.2) is 33.8 Å². The molecule has 0 spiro atoms. The number of hydrogen-bond acceptors (Lipinski definition) is 4. The minimum absolute atomic E-state index is 0.164. The van der Waals surface area contributed by atoms with Crippen molar-refractivity contribution in [3.63, 3.8) is 0 Å². The second kappa shape index (κ2) is 7.17. The van der Waals surface area contributed by atoms with Gasteiger partial charge in [0, 0.05) is 11.6 Å². The monoisotopic (exact) mass is 358 g/mol. The van der Waals surface area contributed by atoms with E-state index in [0.29, 0.717) is 18.0 Å². The summed E-state index contributed by atoms with van der Waals surface area (Å²) in [6.45, 7) is 2.34. The molecule has 25 heavy (non-hydrogen) atoms. The summed E-state index contributed by atoms with van der Waals surface area (Å²) in [4.78, 5) is 11.7. The Morgan fingerprint density at radius 2 is 1.80 bits per heavy atom. The second-order valence-electron chi connectivity index (χ2n) is 5.81. The minimum atomic E-state index is -0.864. The Kier molecular flexibility index (Phi) is 4.97. The zero-order chi connectivity index (χ0) is 18.0. The van der Waals surface area contributed by atoms with Crippen LogP contribution in [0.2, 0.25) is 5.02 Å². The molecule has 2 N–H and O–H groups in total. The van der Waals surface area contributed by atoms with Crippen LogP contribution in [0, 0.1) is 0 Å². The van der Waals surface area contributed by atoms with Gasteiger partial charge in [-0.2, -0.15) is 5.01 Å². The minimum Gasteiger partial charge on any atom is -0.508 e. The lowest BCUT2D eigenvalue weighted by atomic mass is 10.1. The van der Waals surface area contributed by atoms with E-state index in [0.717, 1.165) is 16.9 Å². The van der Waals surface area contributed by atoms with Crippen molar-refractivity contribution in [3.8, 4) is 5.75 Å². The maximum absolute atomic E-state index is 11.7. The normalized spacial score (nSPS) is 15.9. The molecule has 1 unspecified atom stereocenters. The van der Waals surface area contributed by atoms with E-state index >= 15 is 0 Å². The lowest BCUT2D eigenvalue weighted by molar-refractivity contribution is -0.143. The van der Waals surface area contributed by atoms with Gasteiger partial charge in [-0.25, -0.2) is 0 Å². The van der Waals surface area contributed by atoms with E-state index in [1.807, 2.05) is 47.3 Å². The van der Waals surface area contributed by atoms with Crippen LogP contribution in [0.3, 0.4) is 0 Å². The summed E-state index contributed by atoms with van der Waals surface area (Å²) in [5.41, 5.74) is 2.62. The van der Waals surface area contributed by atoms with Crippen molar-refractivity contribution in [3.05, 3.63) is 65.2 Å². The van der Waals surface area contributed by atoms with Crippen LogP contribution in [0.5, 0.6) is 5.75 Å². The summed E-state index contributed by atoms with van der Waals surface area (Å²) in [5.74, 6) is -0.700. The van der Waals surface area contributed by atoms with E-state index in [1.165, 1.54) is 0 Å². The van der Waals surface area contributed by atoms with Crippen molar-refractivity contribution in [1.29, 1.82) is 0 Å². The predicted octanol–water partition coefficient (Wildman–Crippen LogP) is 3.99. The predicted molar refractivity (Wildman–Crippen MR) is 98.4 cm³/mol. The molecule has 1 aliphatic heterocycles. The maximum Gasteiger partial charge on any atom is 0.322 e. The van der Waals surface area contributed by atoms with Crippen molar-refractivity contribution < 1.29 is 15.0 Å². The number of benzene rings is 2. The number of phenols is 1. The molecule has 0 amide bonds. The Morgan fingerprint density at radius 3 is 2.36 bits per heavy atom. The first-order valence-electron chi connectivity index (χ1n) is 8.06. The van der Waals surface area contributed by atoms with Gasteiger partial charge in [0.2, 0.25) is 0 Å². The third-order valence-corrected chi connectivity index (χ3v) is 4.47. The molecule has 0 bridgehead atoms. The fourth-order valence-electron chi connectivity index (χ4n) is 3.01. The summed E-state index contributed by atoms with van der Waals surface area (Å²) in [5, 5.41) is 23.5. The third-order valence-electron chi connectivity index (χ3n) is 4.22. The number of hydrazine groups is 1. The molecule has 0 radical (unpaired) electrons. The van der Waals surface area contributed by atoms with Crippen molar-refractivity contribution in [2.75, 3.05) is 11.6 Å². The lowest BCUT2D eigenvalue weighted by Gasteiger charge is -2.36. The highest BCUT2D eigenvalue weighted by molar-refractivity contribution is 6.30. The van der Waals surface area contributed by atoms with Gasteiger partial charge < -0.3 is 10.2 Å². The molecular weight excluding hydrogens is 340 g/mol. The number of rotatable bonds is 5. The smallest absolute Gasteiger partial charge is 0.322 e. The molecule has 0 aromatic heterocycles. The topological polar surface area (TPSA) is 64.0 Å². The van der Waals surface area contributed by atoms with E-state index in [4.69, 9.17) is 11.6 Å². The zero-order valence-corrected chi connectivity index (χ0v) is 14.5. The van der Waals surface area contributed by atoms with E-state index in [9.17, 15) is 15.0 Å². The van der Waals surface area contributed by atoms with Gasteiger partial charge in [-0.1, -0.05) is 30.7 Å². The number of aliphatic carboxylic acids is 1. The van der Waals surface area contributed by atoms with Crippen LogP contribution < -0.4 is 5.01 Å². The highest BCUT2D eigenvalue weighted by Crippen LogP contribution is 2.35. The van der Waals surface area contributed by atoms with E-state index < -0.39 is 12.0 Å². The fourth-order valence-corrected chi connectivity index (χ4v) is 3.13. The average molecular weight is 359 g/mol. The average Bonchev–Trinajstić information content (AvgIpc) is 3.01. The van der Waals surface area contributed by atoms with Gasteiger partial charge in [0.1, 0.15) is 11.8 Å². The standard InChI is InChI=1S/C19H19ClN2O3/c1-2-17(19(24)25)21-12-11-18(13-3-5-14(20)6-4-13)22(21)15-7-9-16(23)10-8-15/h3-11,17,23H,2,12H2,1H3,(H,24,25). The van der Waals surface area contributed by atoms with Crippen LogP contribution in [0.15, 0.2) is 54.6 Å². The second-order valence-corrected chi connectivity index (χ2v) is 6.25. The van der Waals surface area contributed by atoms with Gasteiger partial charge >= 0.3 is 5.97 Å². The Morgan fingerprint density at radius 1 is 1.16 bits per heavy atom. The van der Waals surface area contributed by atoms with E-state index in [-0.39, 0.29) is 5.75 Å². The summed E-state index contributed by atoms with van der Waals surface area (Å²) < 4.78 is 0. The molecule has 3 rings (SSSR count). The van der Waals surface area contributed by atoms with Gasteiger partial charge in [-0.05, 0) is 54.5 Å². The molecule has 0 saturated heterocycles. The number of carboxylic acids is 1. The summed E-state index contributed by atoms with van der Waals surface area (Å²) in [7, 11) is 0. The quantitative estimate of drug-likeness (QED) is 0.846. The molecule has 2 aromatic rings. The molecule has 0 saturated carbocycles. The number of carbonyl (C=O) groups is 1. The van der Waals surface area contributed by atoms with Gasteiger partial charge in [0.25, 0.3) is 0 Å². The number of aromatic hydroxyl groups is 1. The van der Waals surface area contributed by atoms with Gasteiger partial charge in [-0.3, -0.25) is 9.80 Å². The highest BCUT2D eigenvalue weighted by atomic mass is 35.5. The zero-order valence-electron chi connectivity index (χ0n) is 13.8. The van der Waals surface area contributed by atoms with Crippen LogP contribution in [-0.2, 0) is 4.79 Å². The summed E-state index contributed by atoms with van der Waals surface area (Å²) in [6, 6.07) is 13.5. The van der Waals surface area contributed by atoms with Crippen molar-refractivity contribution in [2.24, 2.45) is 0 Å². The SMILES string of the molecule is CCC(C(=O)O)N1CC=C(c2ccc(Cl)cc2)N1c1ccc(O)cc1. The highest BCUT2D eigenvalue weighted by Gasteiger charge is 2.34. The molecule has 6 heteroatoms. The van der Waals surface area contributed by atoms with Crippen LogP contribution in [0.25, 0.3) is 5.70 Å². The van der Waals surface area contributed by atoms with Crippen LogP contribution in [0.4, 0.5) is 5.69 Å². The van der Waals surface area contributed by atoms with E-state index in [1.54, 1.807) is 24.3 Å². The number of phenolic OH excluding ortho intramolecular Hbond substituents is 1. The lowest BCUT2D eigenvalue weighted by Crippen LogP contribution is -2.48. The number of anilines is 1. The van der Waals surface area contributed by atoms with Crippen LogP contribution >= 0.6 is 11.6 Å². The maximum atomic E-state index is 11.7. The third kappa shape index (κ3) is 3.48. The molecule has 0 fully saturated rings. The van der Waals surface area contributed by atoms with Gasteiger partial charge in [-0.15, -0.1) is 0 Å². The first-order chi connectivity index (χ1) is 12.0. The number of carboxylic acid groups (broad SMARTS) is 1. The number of nitrogens with zero attached hydrogens (tertiary/aromatic N) is 2. The largest absolute Gasteiger partial charge is 0.508 e. The number of hydrogen-bond donors (Lipinski definition) is 2. The molecule has 0 aliphatic carbocycles. The Labute approximate surface area is 151 Å². The molecule has 130 valence electrons. The Balaban J connectivity index is 2.03. The Hall–Kier alpha value is -2.50. The molecule has 5 nitrogen and oxygen atoms in total. The fraction of sp³-hybridized carbons (Fsp3) is 0.211. The summed E-state index contributed by atoms with van der Waals surface area (Å²) >= 11 is 5.98. The number of halogens is 1. The molecule has 1 aliphatic rings. The van der Waals surface area contributed by atoms with Gasteiger partial charge in [0.15, 0.2) is 0 Å². The molecule has 1 heterocycles. The van der Waals surface area contributed by atoms with E-state index in [2.05, 4.69) is 0 Å². The van der Waals surface area contributed by atoms with Gasteiger partial charge in [0.05, 0.1) is 11.4 Å².